The van der Waals surface area contributed by atoms with E-state index in [0.29, 0.717) is 12.1 Å². The van der Waals surface area contributed by atoms with E-state index in [1.165, 1.54) is 0 Å². The van der Waals surface area contributed by atoms with Crippen LogP contribution in [0, 0.1) is 23.7 Å². The van der Waals surface area contributed by atoms with Crippen molar-refractivity contribution in [1.82, 2.24) is 0 Å². The van der Waals surface area contributed by atoms with Crippen LogP contribution in [0.2, 0.25) is 0 Å². The number of hydrogen-bond donors (Lipinski definition) is 5. The molecule has 3 unspecified atom stereocenters. The zero-order valence-corrected chi connectivity index (χ0v) is 18.7. The molecule has 8 heteroatoms. The molecule has 0 aliphatic heterocycles. The van der Waals surface area contributed by atoms with Gasteiger partial charge in [-0.25, -0.2) is 4.79 Å². The summed E-state index contributed by atoms with van der Waals surface area (Å²) in [5, 5.41) is 34.1. The lowest BCUT2D eigenvalue weighted by Crippen LogP contribution is -2.40. The van der Waals surface area contributed by atoms with Gasteiger partial charge in [-0.05, 0) is 55.2 Å². The summed E-state index contributed by atoms with van der Waals surface area (Å²) in [5.74, 6) is 0.962. The van der Waals surface area contributed by atoms with E-state index in [1.54, 1.807) is 26.0 Å². The van der Waals surface area contributed by atoms with Crippen molar-refractivity contribution in [3.05, 3.63) is 59.7 Å². The van der Waals surface area contributed by atoms with Crippen LogP contribution in [0.1, 0.15) is 31.4 Å². The Kier molecular flexibility index (Phi) is 9.28. The lowest BCUT2D eigenvalue weighted by atomic mass is 9.87. The van der Waals surface area contributed by atoms with Crippen molar-refractivity contribution in [2.45, 2.75) is 32.9 Å². The van der Waals surface area contributed by atoms with Crippen LogP contribution in [0.15, 0.2) is 48.5 Å². The van der Waals surface area contributed by atoms with Gasteiger partial charge in [-0.15, -0.1) is 6.42 Å². The van der Waals surface area contributed by atoms with Gasteiger partial charge in [0.05, 0.1) is 12.5 Å². The van der Waals surface area contributed by atoms with Crippen molar-refractivity contribution in [3.63, 3.8) is 0 Å². The molecule has 0 heterocycles. The zero-order chi connectivity index (χ0) is 24.4. The summed E-state index contributed by atoms with van der Waals surface area (Å²) in [7, 11) is 0. The Morgan fingerprint density at radius 1 is 1.09 bits per heavy atom. The number of terminal acetylenes is 1. The van der Waals surface area contributed by atoms with E-state index >= 15 is 0 Å². The molecule has 0 aliphatic carbocycles. The van der Waals surface area contributed by atoms with Gasteiger partial charge in [-0.3, -0.25) is 10.1 Å². The maximum Gasteiger partial charge on any atom is 0.411 e. The highest BCUT2D eigenvalue weighted by Gasteiger charge is 2.38. The van der Waals surface area contributed by atoms with E-state index in [2.05, 4.69) is 16.6 Å². The predicted molar refractivity (Wildman–Crippen MR) is 126 cm³/mol. The second-order valence-electron chi connectivity index (χ2n) is 7.91. The van der Waals surface area contributed by atoms with Crippen LogP contribution in [0.4, 0.5) is 16.2 Å². The monoisotopic (exact) mass is 454 g/mol. The SMILES string of the molecule is C#CC(C)C(O)Nc1ccc(Cc2ccc(NC(=O)OCC(CC)(CO)C(=O)O)cc2)cc1. The molecule has 2 aromatic rings. The van der Waals surface area contributed by atoms with E-state index in [4.69, 9.17) is 11.2 Å². The van der Waals surface area contributed by atoms with E-state index in [9.17, 15) is 24.9 Å². The van der Waals surface area contributed by atoms with Crippen LogP contribution >= 0.6 is 0 Å². The highest BCUT2D eigenvalue weighted by Crippen LogP contribution is 2.23. The molecule has 0 aliphatic rings. The Balaban J connectivity index is 1.89. The molecule has 2 rings (SSSR count). The molecule has 0 aromatic heterocycles. The van der Waals surface area contributed by atoms with Crippen molar-refractivity contribution in [2.24, 2.45) is 11.3 Å². The third-order valence-corrected chi connectivity index (χ3v) is 5.53. The number of nitrogens with one attached hydrogen (secondary N) is 2. The molecule has 0 radical (unpaired) electrons. The molecule has 0 spiro atoms. The first-order chi connectivity index (χ1) is 15.7. The molecule has 0 saturated heterocycles. The quantitative estimate of drug-likeness (QED) is 0.260. The van der Waals surface area contributed by atoms with Gasteiger partial charge in [0.15, 0.2) is 0 Å². The second-order valence-corrected chi connectivity index (χ2v) is 7.91. The third kappa shape index (κ3) is 7.24. The van der Waals surface area contributed by atoms with E-state index in [1.807, 2.05) is 36.4 Å². The normalized spacial score (nSPS) is 14.3. The Labute approximate surface area is 193 Å². The first-order valence-electron chi connectivity index (χ1n) is 10.6. The molecule has 33 heavy (non-hydrogen) atoms. The average Bonchev–Trinajstić information content (AvgIpc) is 2.81. The maximum absolute atomic E-state index is 12.0. The first-order valence-corrected chi connectivity index (χ1v) is 10.6. The summed E-state index contributed by atoms with van der Waals surface area (Å²) in [6, 6.07) is 14.8. The number of hydrogen-bond acceptors (Lipinski definition) is 6. The van der Waals surface area contributed by atoms with Crippen LogP contribution in [0.25, 0.3) is 0 Å². The van der Waals surface area contributed by atoms with Crippen molar-refractivity contribution < 1.29 is 29.6 Å². The van der Waals surface area contributed by atoms with Gasteiger partial charge in [-0.1, -0.05) is 37.1 Å². The number of carboxylic acids is 1. The number of ether oxygens (including phenoxy) is 1. The number of carbonyl (C=O) groups is 2. The van der Waals surface area contributed by atoms with Gasteiger partial charge in [0.1, 0.15) is 18.2 Å². The summed E-state index contributed by atoms with van der Waals surface area (Å²) in [6.45, 7) is 2.32. The average molecular weight is 455 g/mol. The van der Waals surface area contributed by atoms with Gasteiger partial charge in [0, 0.05) is 11.4 Å². The standard InChI is InChI=1S/C25H30N2O6/c1-4-17(3)22(29)26-20-10-6-18(7-11-20)14-19-8-12-21(13-9-19)27-24(32)33-16-25(5-2,15-28)23(30)31/h1,6-13,17,22,26,28-29H,5,14-16H2,2-3H3,(H,27,32)(H,30,31). The molecule has 0 bridgehead atoms. The summed E-state index contributed by atoms with van der Waals surface area (Å²) >= 11 is 0. The van der Waals surface area contributed by atoms with Crippen LogP contribution in [-0.4, -0.2) is 46.8 Å². The number of benzene rings is 2. The van der Waals surface area contributed by atoms with E-state index in [0.717, 1.165) is 16.8 Å². The molecular weight excluding hydrogens is 424 g/mol. The van der Waals surface area contributed by atoms with Crippen molar-refractivity contribution in [1.29, 1.82) is 0 Å². The summed E-state index contributed by atoms with van der Waals surface area (Å²) in [5.41, 5.74) is 1.84. The van der Waals surface area contributed by atoms with E-state index in [-0.39, 0.29) is 12.3 Å². The van der Waals surface area contributed by atoms with Crippen LogP contribution < -0.4 is 10.6 Å². The van der Waals surface area contributed by atoms with E-state index < -0.39 is 36.9 Å². The minimum atomic E-state index is -1.51. The number of amides is 1. The van der Waals surface area contributed by atoms with Crippen molar-refractivity contribution >= 4 is 23.4 Å². The lowest BCUT2D eigenvalue weighted by Gasteiger charge is -2.24. The number of carbonyl (C=O) groups excluding carboxylic acids is 1. The summed E-state index contributed by atoms with van der Waals surface area (Å²) in [4.78, 5) is 23.4. The Bertz CT molecular complexity index is 962. The van der Waals surface area contributed by atoms with Gasteiger partial charge in [-0.2, -0.15) is 0 Å². The number of aliphatic carboxylic acids is 1. The minimum Gasteiger partial charge on any atom is -0.481 e. The fourth-order valence-corrected chi connectivity index (χ4v) is 2.95. The smallest absolute Gasteiger partial charge is 0.411 e. The van der Waals surface area contributed by atoms with Gasteiger partial charge >= 0.3 is 12.1 Å². The molecule has 176 valence electrons. The zero-order valence-electron chi connectivity index (χ0n) is 18.7. The third-order valence-electron chi connectivity index (χ3n) is 5.53. The van der Waals surface area contributed by atoms with Crippen LogP contribution in [-0.2, 0) is 16.0 Å². The number of anilines is 2. The largest absolute Gasteiger partial charge is 0.481 e. The Morgan fingerprint density at radius 3 is 2.09 bits per heavy atom. The summed E-state index contributed by atoms with van der Waals surface area (Å²) in [6.07, 6.45) is 4.50. The highest BCUT2D eigenvalue weighted by molar-refractivity contribution is 5.85. The Morgan fingerprint density at radius 2 is 1.64 bits per heavy atom. The van der Waals surface area contributed by atoms with Gasteiger partial charge < -0.3 is 25.4 Å². The topological polar surface area (TPSA) is 128 Å². The highest BCUT2D eigenvalue weighted by atomic mass is 16.6. The maximum atomic E-state index is 12.0. The lowest BCUT2D eigenvalue weighted by molar-refractivity contribution is -0.154. The first kappa shape index (κ1) is 25.7. The summed E-state index contributed by atoms with van der Waals surface area (Å²) < 4.78 is 5.02. The van der Waals surface area contributed by atoms with Gasteiger partial charge in [0.25, 0.3) is 0 Å². The van der Waals surface area contributed by atoms with Crippen molar-refractivity contribution in [3.8, 4) is 12.3 Å². The molecule has 1 amide bonds. The number of rotatable bonds is 11. The fraction of sp³-hybridized carbons (Fsp3) is 0.360. The molecule has 0 fully saturated rings. The second kappa shape index (κ2) is 11.9. The van der Waals surface area contributed by atoms with Crippen LogP contribution in [0.3, 0.4) is 0 Å². The van der Waals surface area contributed by atoms with Crippen LogP contribution in [0.5, 0.6) is 0 Å². The molecule has 5 N–H and O–H groups in total. The number of aliphatic hydroxyl groups is 2. The fourth-order valence-electron chi connectivity index (χ4n) is 2.95. The van der Waals surface area contributed by atoms with Gasteiger partial charge in [0.2, 0.25) is 0 Å². The molecule has 3 atom stereocenters. The number of aliphatic hydroxyl groups excluding tert-OH is 2. The minimum absolute atomic E-state index is 0.127. The molecule has 8 nitrogen and oxygen atoms in total. The Hall–Kier alpha value is -3.54. The number of carboxylic acid groups (broad SMARTS) is 1. The predicted octanol–water partition coefficient (Wildman–Crippen LogP) is 3.30. The van der Waals surface area contributed by atoms with Crippen molar-refractivity contribution in [2.75, 3.05) is 23.8 Å². The molecular formula is C25H30N2O6. The molecule has 0 saturated carbocycles. The molecule has 2 aromatic carbocycles.